The van der Waals surface area contributed by atoms with E-state index < -0.39 is 23.3 Å². The van der Waals surface area contributed by atoms with Crippen molar-refractivity contribution in [2.24, 2.45) is 14.1 Å². The van der Waals surface area contributed by atoms with Crippen LogP contribution in [-0.4, -0.2) is 48.0 Å². The summed E-state index contributed by atoms with van der Waals surface area (Å²) < 4.78 is 3.33. The Morgan fingerprint density at radius 1 is 1.17 bits per heavy atom. The number of carbonyl (C=O) groups is 1. The van der Waals surface area contributed by atoms with Crippen LogP contribution >= 0.6 is 0 Å². The van der Waals surface area contributed by atoms with Crippen LogP contribution < -0.4 is 16.6 Å². The molecule has 0 radical (unpaired) electrons. The summed E-state index contributed by atoms with van der Waals surface area (Å²) >= 11 is 0. The molecule has 0 aliphatic rings. The van der Waals surface area contributed by atoms with Gasteiger partial charge in [-0.1, -0.05) is 30.3 Å². The minimum absolute atomic E-state index is 0.0902. The molecule has 3 N–H and O–H groups in total. The van der Waals surface area contributed by atoms with E-state index in [2.05, 4.69) is 10.3 Å². The van der Waals surface area contributed by atoms with Gasteiger partial charge in [0.05, 0.1) is 12.4 Å². The minimum atomic E-state index is -1.08. The summed E-state index contributed by atoms with van der Waals surface area (Å²) in [5, 5.41) is 21.4. The molecule has 2 unspecified atom stereocenters. The van der Waals surface area contributed by atoms with E-state index in [1.165, 1.54) is 29.6 Å². The average Bonchev–Trinajstić information content (AvgIpc) is 3.13. The summed E-state index contributed by atoms with van der Waals surface area (Å²) in [6, 6.07) is 9.76. The van der Waals surface area contributed by atoms with E-state index in [4.69, 9.17) is 5.11 Å². The minimum Gasteiger partial charge on any atom is -0.480 e. The average molecular weight is 403 g/mol. The van der Waals surface area contributed by atoms with Crippen LogP contribution in [0, 0.1) is 0 Å². The second-order valence-corrected chi connectivity index (χ2v) is 6.58. The van der Waals surface area contributed by atoms with Crippen LogP contribution in [0.3, 0.4) is 0 Å². The molecule has 10 nitrogen and oxygen atoms in total. The van der Waals surface area contributed by atoms with Crippen molar-refractivity contribution < 1.29 is 15.0 Å². The zero-order chi connectivity index (χ0) is 21.7. The second kappa shape index (κ2) is 9.30. The summed E-state index contributed by atoms with van der Waals surface area (Å²) in [5.41, 5.74) is 0.195. The predicted octanol–water partition coefficient (Wildman–Crippen LogP) is -0.154. The second-order valence-electron chi connectivity index (χ2n) is 6.58. The quantitative estimate of drug-likeness (QED) is 0.540. The molecule has 29 heavy (non-hydrogen) atoms. The molecule has 1 aromatic carbocycles. The number of aromatic nitrogens is 4. The van der Waals surface area contributed by atoms with Crippen molar-refractivity contribution in [3.8, 4) is 0 Å². The number of benzene rings is 1. The lowest BCUT2D eigenvalue weighted by atomic mass is 10.0. The van der Waals surface area contributed by atoms with E-state index >= 15 is 0 Å². The first kappa shape index (κ1) is 22.1. The van der Waals surface area contributed by atoms with Gasteiger partial charge in [-0.25, -0.2) is 9.78 Å². The molecule has 0 spiro atoms. The lowest BCUT2D eigenvalue weighted by Gasteiger charge is -2.17. The molecule has 0 saturated carbocycles. The molecule has 3 rings (SSSR count). The molecule has 2 aromatic heterocycles. The van der Waals surface area contributed by atoms with Gasteiger partial charge in [-0.3, -0.25) is 18.7 Å². The fourth-order valence-corrected chi connectivity index (χ4v) is 2.76. The molecule has 3 aromatic rings. The Balaban J connectivity index is 0.000000221. The van der Waals surface area contributed by atoms with Gasteiger partial charge in [0.25, 0.3) is 5.56 Å². The summed E-state index contributed by atoms with van der Waals surface area (Å²) in [7, 11) is 4.65. The highest BCUT2D eigenvalue weighted by molar-refractivity contribution is 5.74. The first-order valence-corrected chi connectivity index (χ1v) is 8.92. The maximum absolute atomic E-state index is 11.9. The molecule has 0 aliphatic heterocycles. The summed E-state index contributed by atoms with van der Waals surface area (Å²) in [6.45, 7) is 1.58. The van der Waals surface area contributed by atoms with E-state index in [0.29, 0.717) is 0 Å². The Labute approximate surface area is 166 Å². The third-order valence-electron chi connectivity index (χ3n) is 4.59. The van der Waals surface area contributed by atoms with E-state index in [0.717, 1.165) is 10.1 Å². The molecule has 0 aliphatic carbocycles. The number of imidazole rings is 1. The maximum Gasteiger partial charge on any atom is 0.332 e. The van der Waals surface area contributed by atoms with Gasteiger partial charge in [0, 0.05) is 20.1 Å². The van der Waals surface area contributed by atoms with Gasteiger partial charge in [-0.05, 0) is 19.5 Å². The van der Waals surface area contributed by atoms with Crippen LogP contribution in [0.5, 0.6) is 0 Å². The number of nitrogens with zero attached hydrogens (tertiary/aromatic N) is 4. The zero-order valence-corrected chi connectivity index (χ0v) is 16.7. The largest absolute Gasteiger partial charge is 0.480 e. The van der Waals surface area contributed by atoms with Crippen molar-refractivity contribution in [1.82, 2.24) is 24.0 Å². The summed E-state index contributed by atoms with van der Waals surface area (Å²) in [4.78, 5) is 38.0. The molecule has 0 amide bonds. The molecule has 0 fully saturated rings. The van der Waals surface area contributed by atoms with Gasteiger partial charge in [-0.15, -0.1) is 0 Å². The van der Waals surface area contributed by atoms with Gasteiger partial charge < -0.3 is 20.1 Å². The first-order valence-electron chi connectivity index (χ1n) is 8.92. The normalized spacial score (nSPS) is 12.9. The number of hydrogen-bond acceptors (Lipinski definition) is 6. The van der Waals surface area contributed by atoms with Crippen molar-refractivity contribution in [3.05, 3.63) is 63.1 Å². The van der Waals surface area contributed by atoms with Gasteiger partial charge in [0.2, 0.25) is 0 Å². The Hall–Kier alpha value is -3.24. The van der Waals surface area contributed by atoms with Crippen molar-refractivity contribution in [2.45, 2.75) is 25.6 Å². The van der Waals surface area contributed by atoms with E-state index in [9.17, 15) is 19.5 Å². The molecule has 156 valence electrons. The van der Waals surface area contributed by atoms with E-state index in [1.807, 2.05) is 44.3 Å². The number of likely N-dealkylation sites (N-methyl/N-ethyl adjacent to an activating group) is 1. The fourth-order valence-electron chi connectivity index (χ4n) is 2.76. The SMILES string of the molecule is CNC(C)C(O)c1ccccc1.Cn1c(=O)c2c(ncn2CC(=O)O)n(C)c1=O. The molecule has 0 saturated heterocycles. The molecular weight excluding hydrogens is 378 g/mol. The van der Waals surface area contributed by atoms with Crippen LogP contribution in [0.15, 0.2) is 46.2 Å². The Bertz CT molecular complexity index is 1100. The number of aliphatic hydroxyl groups is 1. The number of fused-ring (bicyclic) bond motifs is 1. The third-order valence-corrected chi connectivity index (χ3v) is 4.59. The number of aryl methyl sites for hydroxylation is 1. The van der Waals surface area contributed by atoms with Crippen molar-refractivity contribution in [3.63, 3.8) is 0 Å². The van der Waals surface area contributed by atoms with Crippen molar-refractivity contribution in [1.29, 1.82) is 0 Å². The van der Waals surface area contributed by atoms with Gasteiger partial charge in [-0.2, -0.15) is 0 Å². The highest BCUT2D eigenvalue weighted by atomic mass is 16.4. The van der Waals surface area contributed by atoms with Crippen LogP contribution in [0.25, 0.3) is 11.2 Å². The molecule has 0 bridgehead atoms. The monoisotopic (exact) mass is 403 g/mol. The highest BCUT2D eigenvalue weighted by Crippen LogP contribution is 2.15. The van der Waals surface area contributed by atoms with Gasteiger partial charge >= 0.3 is 11.7 Å². The summed E-state index contributed by atoms with van der Waals surface area (Å²) in [5.74, 6) is -1.08. The number of aliphatic hydroxyl groups excluding tert-OH is 1. The predicted molar refractivity (Wildman–Crippen MR) is 108 cm³/mol. The Morgan fingerprint density at radius 3 is 2.34 bits per heavy atom. The lowest BCUT2D eigenvalue weighted by Crippen LogP contribution is -2.37. The number of nitrogens with one attached hydrogen (secondary N) is 1. The fraction of sp³-hybridized carbons (Fsp3) is 0.368. The third kappa shape index (κ3) is 4.79. The highest BCUT2D eigenvalue weighted by Gasteiger charge is 2.15. The number of hydrogen-bond donors (Lipinski definition) is 3. The first-order chi connectivity index (χ1) is 13.7. The number of aliphatic carboxylic acids is 1. The smallest absolute Gasteiger partial charge is 0.332 e. The number of carboxylic acids is 1. The zero-order valence-electron chi connectivity index (χ0n) is 16.7. The maximum atomic E-state index is 11.9. The van der Waals surface area contributed by atoms with Crippen LogP contribution in [-0.2, 0) is 25.4 Å². The molecular formula is C19H25N5O5. The standard InChI is InChI=1S/C10H15NO.C9H10N4O4/c1-8(11-2)10(12)9-6-4-3-5-7-9;1-11-7-6(8(16)12(2)9(11)17)13(4-10-7)3-5(14)15/h3-8,10-12H,1-2H3;4H,3H2,1-2H3,(H,14,15). The molecule has 10 heteroatoms. The summed E-state index contributed by atoms with van der Waals surface area (Å²) in [6.07, 6.45) is 0.816. The van der Waals surface area contributed by atoms with Crippen molar-refractivity contribution in [2.75, 3.05) is 7.05 Å². The van der Waals surface area contributed by atoms with Crippen LogP contribution in [0.4, 0.5) is 0 Å². The number of rotatable bonds is 5. The van der Waals surface area contributed by atoms with E-state index in [-0.39, 0.29) is 23.8 Å². The topological polar surface area (TPSA) is 131 Å². The van der Waals surface area contributed by atoms with Gasteiger partial charge in [0.1, 0.15) is 6.54 Å². The van der Waals surface area contributed by atoms with Crippen molar-refractivity contribution >= 4 is 17.1 Å². The van der Waals surface area contributed by atoms with Crippen LogP contribution in [0.1, 0.15) is 18.6 Å². The lowest BCUT2D eigenvalue weighted by molar-refractivity contribution is -0.137. The van der Waals surface area contributed by atoms with Crippen LogP contribution in [0.2, 0.25) is 0 Å². The Morgan fingerprint density at radius 2 is 1.79 bits per heavy atom. The van der Waals surface area contributed by atoms with E-state index in [1.54, 1.807) is 0 Å². The Kier molecular flexibility index (Phi) is 7.08. The van der Waals surface area contributed by atoms with Gasteiger partial charge in [0.15, 0.2) is 11.2 Å². The molecule has 2 atom stereocenters. The number of carboxylic acid groups (broad SMARTS) is 1. The molecule has 2 heterocycles.